The number of thioether (sulfide) groups is 1. The Balaban J connectivity index is 1.76. The number of nitrogens with zero attached hydrogens (tertiary/aromatic N) is 3. The number of ether oxygens (including phenoxy) is 1. The van der Waals surface area contributed by atoms with E-state index in [4.69, 9.17) is 16.3 Å². The van der Waals surface area contributed by atoms with Crippen molar-refractivity contribution >= 4 is 35.0 Å². The first-order valence-corrected chi connectivity index (χ1v) is 10.6. The van der Waals surface area contributed by atoms with Gasteiger partial charge in [-0.05, 0) is 50.6 Å². The summed E-state index contributed by atoms with van der Waals surface area (Å²) in [7, 11) is 1.60. The van der Waals surface area contributed by atoms with Crippen molar-refractivity contribution in [3.63, 3.8) is 0 Å². The van der Waals surface area contributed by atoms with E-state index in [-0.39, 0.29) is 11.7 Å². The summed E-state index contributed by atoms with van der Waals surface area (Å²) in [4.78, 5) is 12.4. The topological polar surface area (TPSA) is 69.0 Å². The Morgan fingerprint density at radius 3 is 2.69 bits per heavy atom. The van der Waals surface area contributed by atoms with Crippen molar-refractivity contribution < 1.29 is 9.53 Å². The number of halogens is 1. The van der Waals surface area contributed by atoms with E-state index in [2.05, 4.69) is 15.5 Å². The summed E-state index contributed by atoms with van der Waals surface area (Å²) in [6, 6.07) is 11.3. The molecule has 0 saturated carbocycles. The summed E-state index contributed by atoms with van der Waals surface area (Å²) in [5.41, 5.74) is 3.79. The van der Waals surface area contributed by atoms with Gasteiger partial charge < -0.3 is 14.6 Å². The molecule has 29 heavy (non-hydrogen) atoms. The normalized spacial score (nSPS) is 10.8. The summed E-state index contributed by atoms with van der Waals surface area (Å²) in [6.45, 7) is 6.66. The van der Waals surface area contributed by atoms with Gasteiger partial charge in [0.05, 0.1) is 18.4 Å². The standard InChI is InChI=1S/C21H23ClN4O2S/c1-5-26-20(16-11-15(22)7-9-18(16)28-4)24-25-21(26)29-12-19(27)23-17-8-6-13(2)10-14(17)3/h6-11H,5,12H2,1-4H3,(H,23,27). The Kier molecular flexibility index (Phi) is 6.82. The van der Waals surface area contributed by atoms with Crippen LogP contribution in [0.1, 0.15) is 18.1 Å². The van der Waals surface area contributed by atoms with Gasteiger partial charge in [0.15, 0.2) is 11.0 Å². The fraction of sp³-hybridized carbons (Fsp3) is 0.286. The molecule has 0 aliphatic rings. The van der Waals surface area contributed by atoms with Gasteiger partial charge in [-0.2, -0.15) is 0 Å². The lowest BCUT2D eigenvalue weighted by Gasteiger charge is -2.11. The molecule has 1 heterocycles. The molecule has 3 aromatic rings. The van der Waals surface area contributed by atoms with Crippen molar-refractivity contribution in [3.8, 4) is 17.1 Å². The Morgan fingerprint density at radius 2 is 2.00 bits per heavy atom. The van der Waals surface area contributed by atoms with E-state index in [1.807, 2.05) is 43.5 Å². The molecule has 0 spiro atoms. The Hall–Kier alpha value is -2.51. The maximum Gasteiger partial charge on any atom is 0.234 e. The van der Waals surface area contributed by atoms with Gasteiger partial charge in [0, 0.05) is 17.3 Å². The van der Waals surface area contributed by atoms with Crippen LogP contribution < -0.4 is 10.1 Å². The maximum absolute atomic E-state index is 12.4. The largest absolute Gasteiger partial charge is 0.496 e. The van der Waals surface area contributed by atoms with Gasteiger partial charge in [-0.15, -0.1) is 10.2 Å². The molecule has 8 heteroatoms. The highest BCUT2D eigenvalue weighted by Gasteiger charge is 2.18. The Morgan fingerprint density at radius 1 is 1.21 bits per heavy atom. The fourth-order valence-electron chi connectivity index (χ4n) is 3.00. The van der Waals surface area contributed by atoms with Crippen molar-refractivity contribution in [1.29, 1.82) is 0 Å². The lowest BCUT2D eigenvalue weighted by molar-refractivity contribution is -0.113. The van der Waals surface area contributed by atoms with Crippen molar-refractivity contribution in [3.05, 3.63) is 52.5 Å². The van der Waals surface area contributed by atoms with Crippen molar-refractivity contribution in [2.45, 2.75) is 32.5 Å². The maximum atomic E-state index is 12.4. The number of aryl methyl sites for hydroxylation is 2. The minimum absolute atomic E-state index is 0.0884. The number of hydrogen-bond donors (Lipinski definition) is 1. The van der Waals surface area contributed by atoms with Crippen molar-refractivity contribution in [2.24, 2.45) is 0 Å². The van der Waals surface area contributed by atoms with Crippen LogP contribution in [0.3, 0.4) is 0 Å². The molecule has 1 amide bonds. The van der Waals surface area contributed by atoms with Gasteiger partial charge in [0.2, 0.25) is 5.91 Å². The van der Waals surface area contributed by atoms with E-state index in [0.717, 1.165) is 22.4 Å². The van der Waals surface area contributed by atoms with Crippen LogP contribution in [0.5, 0.6) is 5.75 Å². The molecule has 1 aromatic heterocycles. The van der Waals surface area contributed by atoms with Crippen LogP contribution in [0.25, 0.3) is 11.4 Å². The zero-order valence-corrected chi connectivity index (χ0v) is 18.4. The van der Waals surface area contributed by atoms with Crippen LogP contribution in [0.2, 0.25) is 5.02 Å². The molecule has 152 valence electrons. The summed E-state index contributed by atoms with van der Waals surface area (Å²) in [6.07, 6.45) is 0. The molecule has 0 atom stereocenters. The average Bonchev–Trinajstić information content (AvgIpc) is 3.11. The number of aromatic nitrogens is 3. The van der Waals surface area contributed by atoms with Gasteiger partial charge in [-0.3, -0.25) is 4.79 Å². The van der Waals surface area contributed by atoms with Crippen LogP contribution in [0.4, 0.5) is 5.69 Å². The van der Waals surface area contributed by atoms with Gasteiger partial charge in [-0.1, -0.05) is 41.1 Å². The number of rotatable bonds is 7. The molecule has 0 unspecified atom stereocenters. The van der Waals surface area contributed by atoms with Crippen LogP contribution in [-0.2, 0) is 11.3 Å². The summed E-state index contributed by atoms with van der Waals surface area (Å²) in [5, 5.41) is 12.8. The molecule has 3 rings (SSSR count). The summed E-state index contributed by atoms with van der Waals surface area (Å²) in [5.74, 6) is 1.47. The van der Waals surface area contributed by atoms with Gasteiger partial charge >= 0.3 is 0 Å². The number of carbonyl (C=O) groups excluding carboxylic acids is 1. The van der Waals surface area contributed by atoms with E-state index in [1.165, 1.54) is 11.8 Å². The fourth-order valence-corrected chi connectivity index (χ4v) is 3.98. The van der Waals surface area contributed by atoms with Gasteiger partial charge in [0.1, 0.15) is 5.75 Å². The molecule has 6 nitrogen and oxygen atoms in total. The number of anilines is 1. The van der Waals surface area contributed by atoms with Crippen LogP contribution in [0.15, 0.2) is 41.6 Å². The lowest BCUT2D eigenvalue weighted by atomic mass is 10.1. The predicted molar refractivity (Wildman–Crippen MR) is 118 cm³/mol. The van der Waals surface area contributed by atoms with Crippen LogP contribution >= 0.6 is 23.4 Å². The van der Waals surface area contributed by atoms with Crippen molar-refractivity contribution in [2.75, 3.05) is 18.2 Å². The molecule has 0 fully saturated rings. The number of hydrogen-bond acceptors (Lipinski definition) is 5. The smallest absolute Gasteiger partial charge is 0.234 e. The van der Waals surface area contributed by atoms with Crippen molar-refractivity contribution in [1.82, 2.24) is 14.8 Å². The van der Waals surface area contributed by atoms with E-state index in [9.17, 15) is 4.79 Å². The zero-order chi connectivity index (χ0) is 21.0. The predicted octanol–water partition coefficient (Wildman–Crippen LogP) is 4.97. The van der Waals surface area contributed by atoms with E-state index in [1.54, 1.807) is 25.3 Å². The minimum atomic E-state index is -0.0884. The highest BCUT2D eigenvalue weighted by Crippen LogP contribution is 2.33. The summed E-state index contributed by atoms with van der Waals surface area (Å²) >= 11 is 7.50. The van der Waals surface area contributed by atoms with E-state index < -0.39 is 0 Å². The molecule has 0 bridgehead atoms. The molecule has 0 aliphatic heterocycles. The summed E-state index contributed by atoms with van der Waals surface area (Å²) < 4.78 is 7.38. The molecule has 1 N–H and O–H groups in total. The SMILES string of the molecule is CCn1c(SCC(=O)Nc2ccc(C)cc2C)nnc1-c1cc(Cl)ccc1OC. The quantitative estimate of drug-likeness (QED) is 0.535. The highest BCUT2D eigenvalue weighted by atomic mass is 35.5. The number of methoxy groups -OCH3 is 1. The average molecular weight is 431 g/mol. The lowest BCUT2D eigenvalue weighted by Crippen LogP contribution is -2.15. The first-order chi connectivity index (χ1) is 13.9. The number of carbonyl (C=O) groups is 1. The minimum Gasteiger partial charge on any atom is -0.496 e. The number of nitrogens with one attached hydrogen (secondary N) is 1. The molecule has 0 radical (unpaired) electrons. The van der Waals surface area contributed by atoms with E-state index in [0.29, 0.717) is 28.3 Å². The Bertz CT molecular complexity index is 1040. The molecule has 0 aliphatic carbocycles. The molecular formula is C21H23ClN4O2S. The van der Waals surface area contributed by atoms with E-state index >= 15 is 0 Å². The van der Waals surface area contributed by atoms with Crippen LogP contribution in [0, 0.1) is 13.8 Å². The monoisotopic (exact) mass is 430 g/mol. The highest BCUT2D eigenvalue weighted by molar-refractivity contribution is 7.99. The van der Waals surface area contributed by atoms with Gasteiger partial charge in [0.25, 0.3) is 0 Å². The second-order valence-corrected chi connectivity index (χ2v) is 7.93. The third-order valence-corrected chi connectivity index (χ3v) is 5.63. The zero-order valence-electron chi connectivity index (χ0n) is 16.8. The number of amides is 1. The second-order valence-electron chi connectivity index (χ2n) is 6.55. The van der Waals surface area contributed by atoms with Gasteiger partial charge in [-0.25, -0.2) is 0 Å². The Labute approximate surface area is 179 Å². The third-order valence-electron chi connectivity index (χ3n) is 4.42. The third kappa shape index (κ3) is 4.92. The first-order valence-electron chi connectivity index (χ1n) is 9.20. The molecular weight excluding hydrogens is 408 g/mol. The first kappa shape index (κ1) is 21.2. The second kappa shape index (κ2) is 9.33. The molecule has 0 saturated heterocycles. The molecule has 2 aromatic carbocycles. The number of benzene rings is 2. The van der Waals surface area contributed by atoms with Crippen LogP contribution in [-0.4, -0.2) is 33.5 Å².